The molecule has 0 saturated carbocycles. The number of hydrogen-bond acceptors (Lipinski definition) is 3. The largest absolute Gasteiger partial charge is 0.478 e. The summed E-state index contributed by atoms with van der Waals surface area (Å²) in [5, 5.41) is 15.0. The zero-order valence-corrected chi connectivity index (χ0v) is 12.3. The van der Waals surface area contributed by atoms with Crippen molar-refractivity contribution in [1.82, 2.24) is 10.6 Å². The van der Waals surface area contributed by atoms with Crippen molar-refractivity contribution in [1.29, 1.82) is 0 Å². The molecule has 1 aromatic rings. The Bertz CT molecular complexity index is 499. The smallest absolute Gasteiger partial charge is 0.335 e. The van der Waals surface area contributed by atoms with Crippen LogP contribution in [0.2, 0.25) is 0 Å². The third-order valence-electron chi connectivity index (χ3n) is 3.97. The first kappa shape index (κ1) is 15.5. The maximum atomic E-state index is 12.1. The first-order chi connectivity index (χ1) is 10.1. The Kier molecular flexibility index (Phi) is 5.33. The van der Waals surface area contributed by atoms with Gasteiger partial charge < -0.3 is 15.7 Å². The predicted octanol–water partition coefficient (Wildman–Crippen LogP) is 1.43. The number of amides is 1. The van der Waals surface area contributed by atoms with Crippen LogP contribution in [0.4, 0.5) is 0 Å². The third kappa shape index (κ3) is 4.29. The normalized spacial score (nSPS) is 21.8. The van der Waals surface area contributed by atoms with Gasteiger partial charge in [-0.1, -0.05) is 19.1 Å². The molecule has 1 aliphatic heterocycles. The Morgan fingerprint density at radius 3 is 2.67 bits per heavy atom. The quantitative estimate of drug-likeness (QED) is 0.766. The average Bonchev–Trinajstić information content (AvgIpc) is 2.48. The highest BCUT2D eigenvalue weighted by Crippen LogP contribution is 2.15. The van der Waals surface area contributed by atoms with Crippen LogP contribution >= 0.6 is 0 Å². The van der Waals surface area contributed by atoms with Gasteiger partial charge >= 0.3 is 5.97 Å². The van der Waals surface area contributed by atoms with E-state index in [1.54, 1.807) is 24.3 Å². The number of rotatable bonds is 5. The van der Waals surface area contributed by atoms with Gasteiger partial charge in [-0.15, -0.1) is 0 Å². The number of carboxylic acids is 1. The molecule has 114 valence electrons. The highest BCUT2D eigenvalue weighted by atomic mass is 16.4. The van der Waals surface area contributed by atoms with Crippen molar-refractivity contribution in [2.24, 2.45) is 5.92 Å². The minimum atomic E-state index is -0.924. The summed E-state index contributed by atoms with van der Waals surface area (Å²) in [6, 6.07) is 6.66. The monoisotopic (exact) mass is 290 g/mol. The van der Waals surface area contributed by atoms with E-state index >= 15 is 0 Å². The molecule has 2 atom stereocenters. The number of carbonyl (C=O) groups excluding carboxylic acids is 1. The molecule has 1 saturated heterocycles. The van der Waals surface area contributed by atoms with Crippen LogP contribution in [-0.2, 0) is 11.2 Å². The SMILES string of the molecule is CC1CCCNC1C(=O)NCCc1ccc(C(=O)O)cc1. The van der Waals surface area contributed by atoms with E-state index < -0.39 is 5.97 Å². The van der Waals surface area contributed by atoms with E-state index in [9.17, 15) is 9.59 Å². The highest BCUT2D eigenvalue weighted by molar-refractivity contribution is 5.87. The van der Waals surface area contributed by atoms with Crippen LogP contribution in [0.25, 0.3) is 0 Å². The summed E-state index contributed by atoms with van der Waals surface area (Å²) >= 11 is 0. The molecule has 0 aliphatic carbocycles. The lowest BCUT2D eigenvalue weighted by Gasteiger charge is -2.28. The van der Waals surface area contributed by atoms with Gasteiger partial charge in [0, 0.05) is 6.54 Å². The molecule has 3 N–H and O–H groups in total. The molecular formula is C16H22N2O3. The van der Waals surface area contributed by atoms with E-state index in [0.717, 1.165) is 24.9 Å². The van der Waals surface area contributed by atoms with E-state index in [0.29, 0.717) is 18.9 Å². The van der Waals surface area contributed by atoms with Crippen molar-refractivity contribution in [3.63, 3.8) is 0 Å². The molecule has 5 heteroatoms. The third-order valence-corrected chi connectivity index (χ3v) is 3.97. The van der Waals surface area contributed by atoms with Gasteiger partial charge in [-0.05, 0) is 49.4 Å². The molecular weight excluding hydrogens is 268 g/mol. The Morgan fingerprint density at radius 2 is 2.05 bits per heavy atom. The van der Waals surface area contributed by atoms with Gasteiger partial charge in [-0.3, -0.25) is 4.79 Å². The molecule has 1 fully saturated rings. The minimum Gasteiger partial charge on any atom is -0.478 e. The summed E-state index contributed by atoms with van der Waals surface area (Å²) in [6.45, 7) is 3.57. The fourth-order valence-electron chi connectivity index (χ4n) is 2.65. The number of hydrogen-bond donors (Lipinski definition) is 3. The van der Waals surface area contributed by atoms with Gasteiger partial charge in [0.05, 0.1) is 11.6 Å². The van der Waals surface area contributed by atoms with Gasteiger partial charge in [0.25, 0.3) is 0 Å². The zero-order chi connectivity index (χ0) is 15.2. The lowest BCUT2D eigenvalue weighted by atomic mass is 9.92. The second-order valence-corrected chi connectivity index (χ2v) is 5.59. The van der Waals surface area contributed by atoms with E-state index in [-0.39, 0.29) is 17.5 Å². The average molecular weight is 290 g/mol. The molecule has 1 aromatic carbocycles. The van der Waals surface area contributed by atoms with Gasteiger partial charge in [0.15, 0.2) is 0 Å². The number of piperidine rings is 1. The fourth-order valence-corrected chi connectivity index (χ4v) is 2.65. The van der Waals surface area contributed by atoms with Crippen molar-refractivity contribution in [3.05, 3.63) is 35.4 Å². The summed E-state index contributed by atoms with van der Waals surface area (Å²) < 4.78 is 0. The fraction of sp³-hybridized carbons (Fsp3) is 0.500. The first-order valence-corrected chi connectivity index (χ1v) is 7.41. The molecule has 0 bridgehead atoms. The first-order valence-electron chi connectivity index (χ1n) is 7.41. The van der Waals surface area contributed by atoms with Crippen molar-refractivity contribution in [2.75, 3.05) is 13.1 Å². The summed E-state index contributed by atoms with van der Waals surface area (Å²) in [5.41, 5.74) is 1.30. The van der Waals surface area contributed by atoms with Crippen LogP contribution in [0.5, 0.6) is 0 Å². The maximum Gasteiger partial charge on any atom is 0.335 e. The molecule has 1 aliphatic rings. The molecule has 0 radical (unpaired) electrons. The van der Waals surface area contributed by atoms with Crippen LogP contribution in [0, 0.1) is 5.92 Å². The number of carbonyl (C=O) groups is 2. The predicted molar refractivity (Wildman–Crippen MR) is 80.3 cm³/mol. The lowest BCUT2D eigenvalue weighted by molar-refractivity contribution is -0.124. The Labute approximate surface area is 124 Å². The molecule has 5 nitrogen and oxygen atoms in total. The van der Waals surface area contributed by atoms with E-state index in [2.05, 4.69) is 17.6 Å². The summed E-state index contributed by atoms with van der Waals surface area (Å²) in [4.78, 5) is 22.8. The van der Waals surface area contributed by atoms with Crippen molar-refractivity contribution in [2.45, 2.75) is 32.2 Å². The van der Waals surface area contributed by atoms with E-state index in [1.807, 2.05) is 0 Å². The molecule has 21 heavy (non-hydrogen) atoms. The summed E-state index contributed by atoms with van der Waals surface area (Å²) in [5.74, 6) is -0.495. The standard InChI is InChI=1S/C16H22N2O3/c1-11-3-2-9-17-14(11)15(19)18-10-8-12-4-6-13(7-5-12)16(20)21/h4-7,11,14,17H,2-3,8-10H2,1H3,(H,18,19)(H,20,21). The number of nitrogens with one attached hydrogen (secondary N) is 2. The highest BCUT2D eigenvalue weighted by Gasteiger charge is 2.26. The molecule has 1 amide bonds. The van der Waals surface area contributed by atoms with Crippen molar-refractivity contribution in [3.8, 4) is 0 Å². The van der Waals surface area contributed by atoms with Crippen LogP contribution < -0.4 is 10.6 Å². The van der Waals surface area contributed by atoms with Crippen LogP contribution in [0.3, 0.4) is 0 Å². The summed E-state index contributed by atoms with van der Waals surface area (Å²) in [7, 11) is 0. The molecule has 0 aromatic heterocycles. The van der Waals surface area contributed by atoms with Gasteiger partial charge in [0.1, 0.15) is 0 Å². The van der Waals surface area contributed by atoms with Crippen molar-refractivity contribution >= 4 is 11.9 Å². The number of aromatic carboxylic acids is 1. The molecule has 0 spiro atoms. The van der Waals surface area contributed by atoms with E-state index in [1.165, 1.54) is 0 Å². The molecule has 1 heterocycles. The minimum absolute atomic E-state index is 0.0596. The van der Waals surface area contributed by atoms with E-state index in [4.69, 9.17) is 5.11 Å². The number of carboxylic acid groups (broad SMARTS) is 1. The molecule has 2 rings (SSSR count). The van der Waals surface area contributed by atoms with Crippen LogP contribution in [-0.4, -0.2) is 36.1 Å². The second-order valence-electron chi connectivity index (χ2n) is 5.59. The van der Waals surface area contributed by atoms with Gasteiger partial charge in [0.2, 0.25) is 5.91 Å². The Balaban J connectivity index is 1.78. The summed E-state index contributed by atoms with van der Waals surface area (Å²) in [6.07, 6.45) is 2.91. The Morgan fingerprint density at radius 1 is 1.33 bits per heavy atom. The van der Waals surface area contributed by atoms with Crippen molar-refractivity contribution < 1.29 is 14.7 Å². The molecule has 2 unspecified atom stereocenters. The number of benzene rings is 1. The topological polar surface area (TPSA) is 78.4 Å². The maximum absolute atomic E-state index is 12.1. The second kappa shape index (κ2) is 7.22. The zero-order valence-electron chi connectivity index (χ0n) is 12.3. The Hall–Kier alpha value is -1.88. The lowest BCUT2D eigenvalue weighted by Crippen LogP contribution is -2.51. The van der Waals surface area contributed by atoms with Crippen LogP contribution in [0.15, 0.2) is 24.3 Å². The van der Waals surface area contributed by atoms with Gasteiger partial charge in [-0.25, -0.2) is 4.79 Å². The van der Waals surface area contributed by atoms with Crippen LogP contribution in [0.1, 0.15) is 35.7 Å². The van der Waals surface area contributed by atoms with Gasteiger partial charge in [-0.2, -0.15) is 0 Å².